The van der Waals surface area contributed by atoms with Crippen LogP contribution in [-0.4, -0.2) is 23.8 Å². The summed E-state index contributed by atoms with van der Waals surface area (Å²) in [5, 5.41) is 8.51. The highest BCUT2D eigenvalue weighted by atomic mass is 16.5. The zero-order chi connectivity index (χ0) is 10.4. The first-order valence-electron chi connectivity index (χ1n) is 5.26. The van der Waals surface area contributed by atoms with Crippen molar-refractivity contribution < 1.29 is 14.6 Å². The summed E-state index contributed by atoms with van der Waals surface area (Å²) >= 11 is 0. The zero-order valence-corrected chi connectivity index (χ0v) is 8.66. The van der Waals surface area contributed by atoms with Gasteiger partial charge in [-0.3, -0.25) is 0 Å². The predicted octanol–water partition coefficient (Wildman–Crippen LogP) is 2.37. The first-order chi connectivity index (χ1) is 6.74. The molecule has 0 aromatic carbocycles. The molecule has 0 saturated carbocycles. The van der Waals surface area contributed by atoms with E-state index in [2.05, 4.69) is 6.08 Å². The van der Waals surface area contributed by atoms with Crippen molar-refractivity contribution in [2.24, 2.45) is 0 Å². The molecule has 0 aromatic heterocycles. The lowest BCUT2D eigenvalue weighted by Gasteiger charge is -2.21. The van der Waals surface area contributed by atoms with Gasteiger partial charge in [0.15, 0.2) is 0 Å². The topological polar surface area (TPSA) is 46.5 Å². The number of carboxylic acids is 1. The number of hydrogen-bond acceptors (Lipinski definition) is 2. The summed E-state index contributed by atoms with van der Waals surface area (Å²) < 4.78 is 5.32. The molecule has 80 valence electrons. The summed E-state index contributed by atoms with van der Waals surface area (Å²) in [6.07, 6.45) is 7.72. The molecule has 0 aliphatic heterocycles. The Hall–Kier alpha value is -0.830. The van der Waals surface area contributed by atoms with Crippen molar-refractivity contribution in [2.75, 3.05) is 6.61 Å². The number of aliphatic carboxylic acids is 1. The maximum atomic E-state index is 10.4. The van der Waals surface area contributed by atoms with Crippen LogP contribution >= 0.6 is 0 Å². The van der Waals surface area contributed by atoms with E-state index in [1.165, 1.54) is 18.4 Å². The van der Waals surface area contributed by atoms with E-state index < -0.39 is 5.97 Å². The molecule has 0 bridgehead atoms. The Bertz CT molecular complexity index is 221. The van der Waals surface area contributed by atoms with Gasteiger partial charge in [0.2, 0.25) is 0 Å². The Morgan fingerprint density at radius 1 is 1.64 bits per heavy atom. The molecule has 0 amide bonds. The molecule has 0 heterocycles. The van der Waals surface area contributed by atoms with Gasteiger partial charge in [0.05, 0.1) is 6.10 Å². The van der Waals surface area contributed by atoms with Crippen molar-refractivity contribution in [1.82, 2.24) is 0 Å². The molecule has 14 heavy (non-hydrogen) atoms. The monoisotopic (exact) mass is 198 g/mol. The molecule has 3 heteroatoms. The second kappa shape index (κ2) is 5.81. The lowest BCUT2D eigenvalue weighted by Crippen LogP contribution is -2.20. The quantitative estimate of drug-likeness (QED) is 0.690. The Balaban J connectivity index is 2.43. The molecule has 1 rings (SSSR count). The average molecular weight is 198 g/mol. The van der Waals surface area contributed by atoms with Crippen LogP contribution in [0.15, 0.2) is 11.6 Å². The molecule has 0 radical (unpaired) electrons. The van der Waals surface area contributed by atoms with Crippen LogP contribution in [0.1, 0.15) is 39.0 Å². The summed E-state index contributed by atoms with van der Waals surface area (Å²) in [7, 11) is 0. The molecule has 0 saturated heterocycles. The SMILES string of the molecule is CCC(OCC(=O)O)C1=CCCCC1. The van der Waals surface area contributed by atoms with Crippen molar-refractivity contribution in [2.45, 2.75) is 45.1 Å². The van der Waals surface area contributed by atoms with Crippen molar-refractivity contribution in [3.63, 3.8) is 0 Å². The van der Waals surface area contributed by atoms with Crippen LogP contribution in [0.25, 0.3) is 0 Å². The Labute approximate surface area is 84.8 Å². The van der Waals surface area contributed by atoms with Crippen molar-refractivity contribution in [3.05, 3.63) is 11.6 Å². The molecule has 1 N–H and O–H groups in total. The zero-order valence-electron chi connectivity index (χ0n) is 8.66. The highest BCUT2D eigenvalue weighted by molar-refractivity contribution is 5.68. The van der Waals surface area contributed by atoms with Gasteiger partial charge >= 0.3 is 5.97 Å². The van der Waals surface area contributed by atoms with Crippen LogP contribution in [0.2, 0.25) is 0 Å². The molecule has 1 aliphatic carbocycles. The standard InChI is InChI=1S/C11H18O3/c1-2-10(14-8-11(12)13)9-6-4-3-5-7-9/h6,10H,2-5,7-8H2,1H3,(H,12,13). The predicted molar refractivity (Wildman–Crippen MR) is 54.2 cm³/mol. The molecule has 1 unspecified atom stereocenters. The maximum Gasteiger partial charge on any atom is 0.329 e. The lowest BCUT2D eigenvalue weighted by atomic mass is 9.94. The van der Waals surface area contributed by atoms with E-state index in [-0.39, 0.29) is 12.7 Å². The number of carbonyl (C=O) groups is 1. The third-order valence-electron chi connectivity index (χ3n) is 2.52. The third-order valence-corrected chi connectivity index (χ3v) is 2.52. The van der Waals surface area contributed by atoms with Crippen LogP contribution in [0.5, 0.6) is 0 Å². The molecule has 3 nitrogen and oxygen atoms in total. The van der Waals surface area contributed by atoms with Crippen LogP contribution in [0, 0.1) is 0 Å². The lowest BCUT2D eigenvalue weighted by molar-refractivity contribution is -0.143. The highest BCUT2D eigenvalue weighted by Gasteiger charge is 2.15. The van der Waals surface area contributed by atoms with E-state index >= 15 is 0 Å². The first kappa shape index (κ1) is 11.2. The van der Waals surface area contributed by atoms with Gasteiger partial charge in [0, 0.05) is 0 Å². The minimum absolute atomic E-state index is 0.0198. The van der Waals surface area contributed by atoms with E-state index in [4.69, 9.17) is 9.84 Å². The summed E-state index contributed by atoms with van der Waals surface area (Å²) in [6.45, 7) is 1.85. The Kier molecular flexibility index (Phi) is 4.66. The van der Waals surface area contributed by atoms with Gasteiger partial charge in [0.25, 0.3) is 0 Å². The van der Waals surface area contributed by atoms with E-state index in [1.54, 1.807) is 0 Å². The molecule has 0 aromatic rings. The summed E-state index contributed by atoms with van der Waals surface area (Å²) in [4.78, 5) is 10.4. The van der Waals surface area contributed by atoms with Crippen LogP contribution in [0.3, 0.4) is 0 Å². The third kappa shape index (κ3) is 3.50. The van der Waals surface area contributed by atoms with Gasteiger partial charge in [-0.05, 0) is 37.7 Å². The minimum atomic E-state index is -0.889. The molecular formula is C11H18O3. The van der Waals surface area contributed by atoms with Crippen molar-refractivity contribution in [3.8, 4) is 0 Å². The van der Waals surface area contributed by atoms with E-state index in [0.29, 0.717) is 0 Å². The largest absolute Gasteiger partial charge is 0.480 e. The second-order valence-corrected chi connectivity index (χ2v) is 3.63. The first-order valence-corrected chi connectivity index (χ1v) is 5.26. The molecule has 1 atom stereocenters. The molecule has 0 fully saturated rings. The van der Waals surface area contributed by atoms with Gasteiger partial charge in [-0.25, -0.2) is 4.79 Å². The Morgan fingerprint density at radius 2 is 2.43 bits per heavy atom. The summed E-state index contributed by atoms with van der Waals surface area (Å²) in [5.41, 5.74) is 1.29. The van der Waals surface area contributed by atoms with Crippen molar-refractivity contribution in [1.29, 1.82) is 0 Å². The molecule has 1 aliphatic rings. The maximum absolute atomic E-state index is 10.4. The van der Waals surface area contributed by atoms with Crippen LogP contribution < -0.4 is 0 Å². The van der Waals surface area contributed by atoms with Gasteiger partial charge in [-0.15, -0.1) is 0 Å². The average Bonchev–Trinajstić information content (AvgIpc) is 2.20. The minimum Gasteiger partial charge on any atom is -0.480 e. The highest BCUT2D eigenvalue weighted by Crippen LogP contribution is 2.23. The summed E-state index contributed by atoms with van der Waals surface area (Å²) in [6, 6.07) is 0. The van der Waals surface area contributed by atoms with Gasteiger partial charge in [0.1, 0.15) is 6.61 Å². The number of rotatable bonds is 5. The number of allylic oxidation sites excluding steroid dienone is 1. The fourth-order valence-corrected chi connectivity index (χ4v) is 1.81. The molecule has 0 spiro atoms. The van der Waals surface area contributed by atoms with Gasteiger partial charge < -0.3 is 9.84 Å². The number of ether oxygens (including phenoxy) is 1. The van der Waals surface area contributed by atoms with Gasteiger partial charge in [-0.1, -0.05) is 13.0 Å². The van der Waals surface area contributed by atoms with Crippen molar-refractivity contribution >= 4 is 5.97 Å². The molecular weight excluding hydrogens is 180 g/mol. The summed E-state index contributed by atoms with van der Waals surface area (Å²) in [5.74, 6) is -0.889. The second-order valence-electron chi connectivity index (χ2n) is 3.63. The van der Waals surface area contributed by atoms with Crippen LogP contribution in [-0.2, 0) is 9.53 Å². The number of hydrogen-bond donors (Lipinski definition) is 1. The van der Waals surface area contributed by atoms with Gasteiger partial charge in [-0.2, -0.15) is 0 Å². The fourth-order valence-electron chi connectivity index (χ4n) is 1.81. The van der Waals surface area contributed by atoms with E-state index in [9.17, 15) is 4.79 Å². The Morgan fingerprint density at radius 3 is 2.93 bits per heavy atom. The smallest absolute Gasteiger partial charge is 0.329 e. The number of carboxylic acid groups (broad SMARTS) is 1. The fraction of sp³-hybridized carbons (Fsp3) is 0.727. The normalized spacial score (nSPS) is 18.8. The van der Waals surface area contributed by atoms with Crippen LogP contribution in [0.4, 0.5) is 0 Å². The van der Waals surface area contributed by atoms with E-state index in [1.807, 2.05) is 6.92 Å². The van der Waals surface area contributed by atoms with E-state index in [0.717, 1.165) is 19.3 Å².